The van der Waals surface area contributed by atoms with E-state index in [1.165, 1.54) is 0 Å². The van der Waals surface area contributed by atoms with Crippen molar-refractivity contribution in [3.05, 3.63) is 48.5 Å². The van der Waals surface area contributed by atoms with Crippen molar-refractivity contribution in [1.82, 2.24) is 4.90 Å². The molecule has 1 saturated heterocycles. The Morgan fingerprint density at radius 3 is 2.74 bits per heavy atom. The molecule has 27 heavy (non-hydrogen) atoms. The fourth-order valence-corrected chi connectivity index (χ4v) is 3.23. The van der Waals surface area contributed by atoms with Crippen molar-refractivity contribution in [1.29, 1.82) is 0 Å². The van der Waals surface area contributed by atoms with Crippen LogP contribution >= 0.6 is 0 Å². The monoisotopic (exact) mass is 370 g/mol. The molecule has 2 amide bonds. The highest BCUT2D eigenvalue weighted by Gasteiger charge is 2.24. The molecule has 0 bridgehead atoms. The van der Waals surface area contributed by atoms with E-state index < -0.39 is 0 Å². The summed E-state index contributed by atoms with van der Waals surface area (Å²) in [5, 5.41) is 2.95. The van der Waals surface area contributed by atoms with Gasteiger partial charge in [0.2, 0.25) is 0 Å². The Kier molecular flexibility index (Phi) is 6.41. The van der Waals surface area contributed by atoms with Gasteiger partial charge in [0.1, 0.15) is 17.2 Å². The molecule has 1 aliphatic heterocycles. The number of likely N-dealkylation sites (tertiary alicyclic amines) is 1. The lowest BCUT2D eigenvalue weighted by molar-refractivity contribution is 0.145. The van der Waals surface area contributed by atoms with E-state index in [0.717, 1.165) is 30.9 Å². The maximum absolute atomic E-state index is 12.6. The minimum atomic E-state index is -0.106. The predicted molar refractivity (Wildman–Crippen MR) is 105 cm³/mol. The Labute approximate surface area is 160 Å². The number of amides is 2. The van der Waals surface area contributed by atoms with Crippen molar-refractivity contribution in [2.75, 3.05) is 39.2 Å². The highest BCUT2D eigenvalue weighted by atomic mass is 16.5. The van der Waals surface area contributed by atoms with Crippen LogP contribution < -0.4 is 19.5 Å². The lowest BCUT2D eigenvalue weighted by Crippen LogP contribution is -2.43. The minimum absolute atomic E-state index is 0.106. The molecule has 1 aliphatic rings. The highest BCUT2D eigenvalue weighted by molar-refractivity contribution is 5.91. The van der Waals surface area contributed by atoms with Crippen LogP contribution in [0.1, 0.15) is 12.8 Å². The first-order valence-electron chi connectivity index (χ1n) is 9.15. The van der Waals surface area contributed by atoms with Crippen LogP contribution in [0.25, 0.3) is 0 Å². The molecule has 0 radical (unpaired) electrons. The summed E-state index contributed by atoms with van der Waals surface area (Å²) in [4.78, 5) is 14.5. The van der Waals surface area contributed by atoms with Crippen molar-refractivity contribution in [3.63, 3.8) is 0 Å². The molecule has 0 aromatic heterocycles. The molecule has 6 nitrogen and oxygen atoms in total. The molecule has 1 heterocycles. The predicted octanol–water partition coefficient (Wildman–Crippen LogP) is 4.03. The number of piperidine rings is 1. The molecule has 0 aliphatic carbocycles. The lowest BCUT2D eigenvalue weighted by atomic mass is 9.99. The highest BCUT2D eigenvalue weighted by Crippen LogP contribution is 2.25. The maximum Gasteiger partial charge on any atom is 0.321 e. The van der Waals surface area contributed by atoms with E-state index in [2.05, 4.69) is 5.32 Å². The zero-order valence-electron chi connectivity index (χ0n) is 15.8. The third-order valence-corrected chi connectivity index (χ3v) is 4.68. The van der Waals surface area contributed by atoms with Crippen LogP contribution in [0, 0.1) is 5.92 Å². The van der Waals surface area contributed by atoms with E-state index in [1.54, 1.807) is 14.2 Å². The number of rotatable bonds is 6. The maximum atomic E-state index is 12.6. The molecule has 0 unspecified atom stereocenters. The van der Waals surface area contributed by atoms with E-state index in [1.807, 2.05) is 53.4 Å². The normalized spacial score (nSPS) is 16.5. The molecular formula is C21H26N2O4. The molecule has 1 fully saturated rings. The van der Waals surface area contributed by atoms with E-state index in [-0.39, 0.29) is 6.03 Å². The number of para-hydroxylation sites is 2. The van der Waals surface area contributed by atoms with Crippen LogP contribution in [0.3, 0.4) is 0 Å². The number of urea groups is 1. The zero-order chi connectivity index (χ0) is 19.1. The summed E-state index contributed by atoms with van der Waals surface area (Å²) in [6.07, 6.45) is 2.01. The summed E-state index contributed by atoms with van der Waals surface area (Å²) in [7, 11) is 3.23. The molecule has 1 atom stereocenters. The molecule has 2 aromatic rings. The number of anilines is 1. The number of carbonyl (C=O) groups is 1. The van der Waals surface area contributed by atoms with Crippen molar-refractivity contribution in [2.24, 2.45) is 5.92 Å². The summed E-state index contributed by atoms with van der Waals surface area (Å²) in [6.45, 7) is 1.99. The van der Waals surface area contributed by atoms with Gasteiger partial charge < -0.3 is 24.4 Å². The molecular weight excluding hydrogens is 344 g/mol. The van der Waals surface area contributed by atoms with Gasteiger partial charge >= 0.3 is 6.03 Å². The number of nitrogens with one attached hydrogen (secondary N) is 1. The Bertz CT molecular complexity index is 765. The number of carbonyl (C=O) groups excluding carboxylic acids is 1. The number of hydrogen-bond acceptors (Lipinski definition) is 4. The van der Waals surface area contributed by atoms with Crippen molar-refractivity contribution in [2.45, 2.75) is 12.8 Å². The standard InChI is InChI=1S/C21H26N2O4/c1-25-17-8-5-9-18(13-17)27-15-16-7-6-12-23(14-16)21(24)22-19-10-3-4-11-20(19)26-2/h3-5,8-11,13,16H,6-7,12,14-15H2,1-2H3,(H,22,24)/t16-/m0/s1. The number of hydrogen-bond donors (Lipinski definition) is 1. The van der Waals surface area contributed by atoms with Gasteiger partial charge in [-0.1, -0.05) is 18.2 Å². The molecule has 6 heteroatoms. The Morgan fingerprint density at radius 2 is 1.93 bits per heavy atom. The Morgan fingerprint density at radius 1 is 1.11 bits per heavy atom. The van der Waals surface area contributed by atoms with Crippen LogP contribution in [-0.2, 0) is 0 Å². The van der Waals surface area contributed by atoms with Crippen LogP contribution in [0.5, 0.6) is 17.2 Å². The van der Waals surface area contributed by atoms with E-state index in [0.29, 0.717) is 30.5 Å². The van der Waals surface area contributed by atoms with E-state index in [9.17, 15) is 4.79 Å². The van der Waals surface area contributed by atoms with Crippen LogP contribution in [0.2, 0.25) is 0 Å². The summed E-state index contributed by atoms with van der Waals surface area (Å²) < 4.78 is 16.4. The SMILES string of the molecule is COc1cccc(OC[C@H]2CCCN(C(=O)Nc3ccccc3OC)C2)c1. The van der Waals surface area contributed by atoms with Gasteiger partial charge in [0.05, 0.1) is 26.5 Å². The number of benzene rings is 2. The van der Waals surface area contributed by atoms with Gasteiger partial charge in [-0.2, -0.15) is 0 Å². The average Bonchev–Trinajstić information content (AvgIpc) is 2.73. The summed E-state index contributed by atoms with van der Waals surface area (Å²) in [5.74, 6) is 2.51. The second-order valence-corrected chi connectivity index (χ2v) is 6.57. The zero-order valence-corrected chi connectivity index (χ0v) is 15.8. The van der Waals surface area contributed by atoms with Crippen LogP contribution in [0.4, 0.5) is 10.5 Å². The minimum Gasteiger partial charge on any atom is -0.497 e. The van der Waals surface area contributed by atoms with Gasteiger partial charge in [-0.25, -0.2) is 4.79 Å². The first-order chi connectivity index (χ1) is 13.2. The smallest absolute Gasteiger partial charge is 0.321 e. The first kappa shape index (κ1) is 18.9. The van der Waals surface area contributed by atoms with Crippen LogP contribution in [0.15, 0.2) is 48.5 Å². The topological polar surface area (TPSA) is 60.0 Å². The van der Waals surface area contributed by atoms with Gasteiger partial charge in [-0.3, -0.25) is 0 Å². The van der Waals surface area contributed by atoms with Crippen molar-refractivity contribution >= 4 is 11.7 Å². The van der Waals surface area contributed by atoms with Crippen molar-refractivity contribution < 1.29 is 19.0 Å². The molecule has 1 N–H and O–H groups in total. The molecule has 0 saturated carbocycles. The summed E-state index contributed by atoms with van der Waals surface area (Å²) in [5.41, 5.74) is 0.680. The largest absolute Gasteiger partial charge is 0.497 e. The lowest BCUT2D eigenvalue weighted by Gasteiger charge is -2.32. The Hall–Kier alpha value is -2.89. The number of ether oxygens (including phenoxy) is 3. The quantitative estimate of drug-likeness (QED) is 0.834. The average molecular weight is 370 g/mol. The second kappa shape index (κ2) is 9.16. The third-order valence-electron chi connectivity index (χ3n) is 4.68. The number of methoxy groups -OCH3 is 2. The molecule has 2 aromatic carbocycles. The second-order valence-electron chi connectivity index (χ2n) is 6.57. The van der Waals surface area contributed by atoms with Gasteiger partial charge in [-0.05, 0) is 37.1 Å². The molecule has 144 valence electrons. The Balaban J connectivity index is 1.54. The fraction of sp³-hybridized carbons (Fsp3) is 0.381. The van der Waals surface area contributed by atoms with E-state index >= 15 is 0 Å². The number of nitrogens with zero attached hydrogens (tertiary/aromatic N) is 1. The summed E-state index contributed by atoms with van der Waals surface area (Å²) >= 11 is 0. The first-order valence-corrected chi connectivity index (χ1v) is 9.15. The fourth-order valence-electron chi connectivity index (χ4n) is 3.23. The molecule has 3 rings (SSSR count). The van der Waals surface area contributed by atoms with Crippen LogP contribution in [-0.4, -0.2) is 44.8 Å². The third kappa shape index (κ3) is 5.06. The molecule has 0 spiro atoms. The van der Waals surface area contributed by atoms with Gasteiger partial charge in [-0.15, -0.1) is 0 Å². The summed E-state index contributed by atoms with van der Waals surface area (Å²) in [6, 6.07) is 14.9. The van der Waals surface area contributed by atoms with Gasteiger partial charge in [0.25, 0.3) is 0 Å². The van der Waals surface area contributed by atoms with Crippen molar-refractivity contribution in [3.8, 4) is 17.2 Å². The van der Waals surface area contributed by atoms with Gasteiger partial charge in [0.15, 0.2) is 0 Å². The van der Waals surface area contributed by atoms with E-state index in [4.69, 9.17) is 14.2 Å². The van der Waals surface area contributed by atoms with Gasteiger partial charge in [0, 0.05) is 25.1 Å².